The van der Waals surface area contributed by atoms with E-state index in [1.807, 2.05) is 6.07 Å². The van der Waals surface area contributed by atoms with Crippen molar-refractivity contribution in [2.75, 3.05) is 0 Å². The quantitative estimate of drug-likeness (QED) is 0.734. The Hall–Kier alpha value is -1.32. The molecule has 0 heterocycles. The second kappa shape index (κ2) is 5.55. The fraction of sp³-hybridized carbons (Fsp3) is 0.0714. The fourth-order valence-electron chi connectivity index (χ4n) is 1.44. The van der Waals surface area contributed by atoms with Crippen LogP contribution in [0.4, 0.5) is 0 Å². The highest BCUT2D eigenvalue weighted by molar-refractivity contribution is 9.10. The van der Waals surface area contributed by atoms with Crippen LogP contribution < -0.4 is 4.74 Å². The molecule has 0 amide bonds. The summed E-state index contributed by atoms with van der Waals surface area (Å²) in [5, 5.41) is 0.528. The maximum atomic E-state index is 11.1. The van der Waals surface area contributed by atoms with Crippen molar-refractivity contribution in [3.05, 3.63) is 57.5 Å². The first-order chi connectivity index (χ1) is 8.56. The van der Waals surface area contributed by atoms with Crippen molar-refractivity contribution < 1.29 is 9.53 Å². The van der Waals surface area contributed by atoms with Gasteiger partial charge in [-0.3, -0.25) is 4.79 Å². The molecule has 0 N–H and O–H groups in total. The third-order valence-electron chi connectivity index (χ3n) is 2.38. The lowest BCUT2D eigenvalue weighted by molar-refractivity contribution is 0.101. The first-order valence-corrected chi connectivity index (χ1v) is 6.47. The Labute approximate surface area is 119 Å². The predicted molar refractivity (Wildman–Crippen MR) is 75.7 cm³/mol. The molecule has 0 unspecified atom stereocenters. The molecule has 0 saturated heterocycles. The molecular formula is C14H10BrClO2. The van der Waals surface area contributed by atoms with Crippen LogP contribution in [0.1, 0.15) is 17.3 Å². The minimum atomic E-state index is 0.0308. The number of rotatable bonds is 3. The van der Waals surface area contributed by atoms with Gasteiger partial charge in [0.1, 0.15) is 11.5 Å². The molecule has 4 heteroatoms. The van der Waals surface area contributed by atoms with E-state index in [2.05, 4.69) is 15.9 Å². The predicted octanol–water partition coefficient (Wildman–Crippen LogP) is 5.10. The molecule has 2 nitrogen and oxygen atoms in total. The molecule has 2 aromatic carbocycles. The summed E-state index contributed by atoms with van der Waals surface area (Å²) in [6.45, 7) is 1.53. The number of carbonyl (C=O) groups excluding carboxylic acids is 1. The average molecular weight is 326 g/mol. The number of ketones is 1. The Bertz CT molecular complexity index is 579. The molecule has 0 saturated carbocycles. The highest BCUT2D eigenvalue weighted by Crippen LogP contribution is 2.31. The Morgan fingerprint density at radius 3 is 2.39 bits per heavy atom. The number of benzene rings is 2. The zero-order valence-electron chi connectivity index (χ0n) is 9.61. The topological polar surface area (TPSA) is 26.3 Å². The van der Waals surface area contributed by atoms with Gasteiger partial charge in [0.2, 0.25) is 0 Å². The van der Waals surface area contributed by atoms with Crippen LogP contribution in [0.25, 0.3) is 0 Å². The second-order valence-electron chi connectivity index (χ2n) is 3.76. The van der Waals surface area contributed by atoms with Gasteiger partial charge in [-0.1, -0.05) is 27.5 Å². The van der Waals surface area contributed by atoms with Crippen molar-refractivity contribution in [3.63, 3.8) is 0 Å². The Morgan fingerprint density at radius 1 is 1.17 bits per heavy atom. The first-order valence-electron chi connectivity index (χ1n) is 5.30. The van der Waals surface area contributed by atoms with Gasteiger partial charge in [-0.2, -0.15) is 0 Å². The second-order valence-corrected chi connectivity index (χ2v) is 5.08. The lowest BCUT2D eigenvalue weighted by Crippen LogP contribution is -1.91. The lowest BCUT2D eigenvalue weighted by atomic mass is 10.1. The largest absolute Gasteiger partial charge is 0.456 e. The normalized spacial score (nSPS) is 10.2. The van der Waals surface area contributed by atoms with Crippen molar-refractivity contribution in [1.82, 2.24) is 0 Å². The van der Waals surface area contributed by atoms with Gasteiger partial charge in [0.05, 0.1) is 5.02 Å². The number of hydrogen-bond acceptors (Lipinski definition) is 2. The number of carbonyl (C=O) groups is 1. The summed E-state index contributed by atoms with van der Waals surface area (Å²) in [6, 6.07) is 12.3. The van der Waals surface area contributed by atoms with Crippen LogP contribution in [-0.4, -0.2) is 5.78 Å². The Morgan fingerprint density at radius 2 is 1.83 bits per heavy atom. The van der Waals surface area contributed by atoms with Gasteiger partial charge in [0.25, 0.3) is 0 Å². The molecule has 0 fully saturated rings. The summed E-state index contributed by atoms with van der Waals surface area (Å²) in [7, 11) is 0. The summed E-state index contributed by atoms with van der Waals surface area (Å²) in [6.07, 6.45) is 0. The van der Waals surface area contributed by atoms with E-state index < -0.39 is 0 Å². The highest BCUT2D eigenvalue weighted by atomic mass is 79.9. The van der Waals surface area contributed by atoms with E-state index in [4.69, 9.17) is 16.3 Å². The van der Waals surface area contributed by atoms with E-state index in [0.717, 1.165) is 4.47 Å². The summed E-state index contributed by atoms with van der Waals surface area (Å²) < 4.78 is 6.53. The van der Waals surface area contributed by atoms with Crippen LogP contribution in [0.15, 0.2) is 46.9 Å². The maximum Gasteiger partial charge on any atom is 0.159 e. The summed E-state index contributed by atoms with van der Waals surface area (Å²) >= 11 is 9.38. The van der Waals surface area contributed by atoms with Gasteiger partial charge in [-0.25, -0.2) is 0 Å². The third kappa shape index (κ3) is 3.12. The van der Waals surface area contributed by atoms with E-state index >= 15 is 0 Å². The minimum Gasteiger partial charge on any atom is -0.456 e. The Balaban J connectivity index is 2.21. The van der Waals surface area contributed by atoms with Crippen LogP contribution in [0.5, 0.6) is 11.5 Å². The Kier molecular flexibility index (Phi) is 4.04. The van der Waals surface area contributed by atoms with Gasteiger partial charge in [-0.15, -0.1) is 0 Å². The van der Waals surface area contributed by atoms with Crippen LogP contribution in [0.3, 0.4) is 0 Å². The molecular weight excluding hydrogens is 316 g/mol. The average Bonchev–Trinajstić information content (AvgIpc) is 2.33. The molecule has 0 bridgehead atoms. The number of halogens is 2. The third-order valence-corrected chi connectivity index (χ3v) is 3.17. The molecule has 0 aliphatic heterocycles. The molecule has 92 valence electrons. The highest BCUT2D eigenvalue weighted by Gasteiger charge is 2.04. The van der Waals surface area contributed by atoms with Crippen molar-refractivity contribution in [3.8, 4) is 11.5 Å². The van der Waals surface area contributed by atoms with Gasteiger partial charge >= 0.3 is 0 Å². The molecule has 2 rings (SSSR count). The van der Waals surface area contributed by atoms with Gasteiger partial charge in [0, 0.05) is 10.0 Å². The summed E-state index contributed by atoms with van der Waals surface area (Å²) in [5.41, 5.74) is 0.657. The van der Waals surface area contributed by atoms with Crippen LogP contribution in [-0.2, 0) is 0 Å². The molecule has 0 aliphatic carbocycles. The number of ether oxygens (including phenoxy) is 1. The molecule has 0 spiro atoms. The minimum absolute atomic E-state index is 0.0308. The lowest BCUT2D eigenvalue weighted by Gasteiger charge is -2.08. The number of hydrogen-bond donors (Lipinski definition) is 0. The van der Waals surface area contributed by atoms with Gasteiger partial charge in [-0.05, 0) is 49.4 Å². The van der Waals surface area contributed by atoms with Crippen molar-refractivity contribution in [1.29, 1.82) is 0 Å². The van der Waals surface area contributed by atoms with Crippen LogP contribution in [0.2, 0.25) is 5.02 Å². The van der Waals surface area contributed by atoms with Crippen molar-refractivity contribution >= 4 is 33.3 Å². The molecule has 0 atom stereocenters. The van der Waals surface area contributed by atoms with Crippen LogP contribution >= 0.6 is 27.5 Å². The van der Waals surface area contributed by atoms with Crippen molar-refractivity contribution in [2.24, 2.45) is 0 Å². The zero-order valence-corrected chi connectivity index (χ0v) is 12.0. The van der Waals surface area contributed by atoms with E-state index in [9.17, 15) is 4.79 Å². The molecule has 0 aliphatic rings. The van der Waals surface area contributed by atoms with E-state index in [-0.39, 0.29) is 5.78 Å². The fourth-order valence-corrected chi connectivity index (χ4v) is 2.15. The van der Waals surface area contributed by atoms with Gasteiger partial charge < -0.3 is 4.74 Å². The molecule has 18 heavy (non-hydrogen) atoms. The molecule has 0 radical (unpaired) electrons. The maximum absolute atomic E-state index is 11.1. The van der Waals surface area contributed by atoms with E-state index in [1.54, 1.807) is 36.4 Å². The van der Waals surface area contributed by atoms with Crippen molar-refractivity contribution in [2.45, 2.75) is 6.92 Å². The SMILES string of the molecule is CC(=O)c1ccc(Oc2ccc(Br)cc2Cl)cc1. The summed E-state index contributed by atoms with van der Waals surface area (Å²) in [5.74, 6) is 1.25. The van der Waals surface area contributed by atoms with Crippen LogP contribution in [0, 0.1) is 0 Å². The first kappa shape index (κ1) is 13.1. The summed E-state index contributed by atoms with van der Waals surface area (Å²) in [4.78, 5) is 11.1. The molecule has 2 aromatic rings. The molecule has 0 aromatic heterocycles. The smallest absolute Gasteiger partial charge is 0.159 e. The monoisotopic (exact) mass is 324 g/mol. The van der Waals surface area contributed by atoms with E-state index in [1.165, 1.54) is 6.92 Å². The standard InChI is InChI=1S/C14H10BrClO2/c1-9(17)10-2-5-12(6-3-10)18-14-7-4-11(15)8-13(14)16/h2-8H,1H3. The van der Waals surface area contributed by atoms with E-state index in [0.29, 0.717) is 22.1 Å². The van der Waals surface area contributed by atoms with Gasteiger partial charge in [0.15, 0.2) is 5.78 Å². The zero-order chi connectivity index (χ0) is 13.1. The number of Topliss-reactive ketones (excluding diaryl/α,β-unsaturated/α-hetero) is 1.